The SMILES string of the molecule is NC1=NC2(O)c3ccccc3C(=O)C2(O)N1.O=[N+]([O-])O. The first-order valence-electron chi connectivity index (χ1n) is 5.28. The quantitative estimate of drug-likeness (QED) is 0.276. The van der Waals surface area contributed by atoms with Gasteiger partial charge in [0.05, 0.1) is 0 Å². The van der Waals surface area contributed by atoms with Crippen molar-refractivity contribution in [2.45, 2.75) is 11.4 Å². The highest BCUT2D eigenvalue weighted by Gasteiger charge is 2.66. The molecule has 10 nitrogen and oxygen atoms in total. The number of aliphatic hydroxyl groups is 2. The lowest BCUT2D eigenvalue weighted by atomic mass is 10.0. The Kier molecular flexibility index (Phi) is 2.84. The van der Waals surface area contributed by atoms with Crippen LogP contribution in [0.5, 0.6) is 0 Å². The summed E-state index contributed by atoms with van der Waals surface area (Å²) in [6, 6.07) is 6.37. The van der Waals surface area contributed by atoms with E-state index >= 15 is 0 Å². The number of fused-ring (bicyclic) bond motifs is 3. The highest BCUT2D eigenvalue weighted by Crippen LogP contribution is 2.45. The van der Waals surface area contributed by atoms with Gasteiger partial charge < -0.3 is 26.5 Å². The third kappa shape index (κ3) is 1.66. The lowest BCUT2D eigenvalue weighted by molar-refractivity contribution is -0.742. The molecular weight excluding hydrogens is 272 g/mol. The van der Waals surface area contributed by atoms with Gasteiger partial charge in [0.1, 0.15) is 0 Å². The van der Waals surface area contributed by atoms with Crippen LogP contribution in [0, 0.1) is 10.1 Å². The molecule has 0 aromatic heterocycles. The summed E-state index contributed by atoms with van der Waals surface area (Å²) in [4.78, 5) is 24.0. The minimum Gasteiger partial charge on any atom is -0.370 e. The third-order valence-corrected chi connectivity index (χ3v) is 2.97. The zero-order valence-electron chi connectivity index (χ0n) is 9.85. The molecule has 1 aromatic rings. The normalized spacial score (nSPS) is 29.5. The maximum Gasteiger partial charge on any atom is 0.291 e. The average Bonchev–Trinajstić information content (AvgIpc) is 2.67. The number of carbonyl (C=O) groups is 1. The second-order valence-electron chi connectivity index (χ2n) is 4.12. The molecule has 10 heteroatoms. The molecule has 2 atom stereocenters. The molecule has 0 saturated carbocycles. The number of benzene rings is 1. The molecule has 106 valence electrons. The Balaban J connectivity index is 0.000000328. The average molecular weight is 282 g/mol. The van der Waals surface area contributed by atoms with E-state index in [0.717, 1.165) is 0 Å². The molecule has 2 unspecified atom stereocenters. The van der Waals surface area contributed by atoms with E-state index in [1.807, 2.05) is 0 Å². The maximum absolute atomic E-state index is 11.9. The molecule has 1 aliphatic heterocycles. The van der Waals surface area contributed by atoms with Gasteiger partial charge in [-0.3, -0.25) is 4.79 Å². The summed E-state index contributed by atoms with van der Waals surface area (Å²) < 4.78 is 0. The number of guanidine groups is 1. The summed E-state index contributed by atoms with van der Waals surface area (Å²) in [6.45, 7) is 0. The summed E-state index contributed by atoms with van der Waals surface area (Å²) in [5.74, 6) is -0.789. The van der Waals surface area contributed by atoms with Gasteiger partial charge in [0.25, 0.3) is 10.8 Å². The lowest BCUT2D eigenvalue weighted by Crippen LogP contribution is -2.58. The van der Waals surface area contributed by atoms with Crippen molar-refractivity contribution in [2.24, 2.45) is 10.7 Å². The van der Waals surface area contributed by atoms with Gasteiger partial charge in [0, 0.05) is 11.1 Å². The molecule has 1 aromatic carbocycles. The highest BCUT2D eigenvalue weighted by molar-refractivity contribution is 6.11. The summed E-state index contributed by atoms with van der Waals surface area (Å²) in [5, 5.41) is 36.4. The monoisotopic (exact) mass is 282 g/mol. The molecule has 0 spiro atoms. The fourth-order valence-electron chi connectivity index (χ4n) is 2.21. The largest absolute Gasteiger partial charge is 0.370 e. The van der Waals surface area contributed by atoms with Crippen LogP contribution in [0.2, 0.25) is 0 Å². The lowest BCUT2D eigenvalue weighted by Gasteiger charge is -2.27. The van der Waals surface area contributed by atoms with Gasteiger partial charge in [-0.15, -0.1) is 10.1 Å². The number of ketones is 1. The Labute approximate surface area is 111 Å². The third-order valence-electron chi connectivity index (χ3n) is 2.97. The molecule has 1 heterocycles. The van der Waals surface area contributed by atoms with Gasteiger partial charge in [-0.05, 0) is 0 Å². The predicted molar refractivity (Wildman–Crippen MR) is 63.2 cm³/mol. The first kappa shape index (κ1) is 13.7. The van der Waals surface area contributed by atoms with Gasteiger partial charge in [-0.1, -0.05) is 24.3 Å². The number of rotatable bonds is 0. The van der Waals surface area contributed by atoms with Crippen molar-refractivity contribution in [1.29, 1.82) is 0 Å². The van der Waals surface area contributed by atoms with E-state index < -0.39 is 22.3 Å². The summed E-state index contributed by atoms with van der Waals surface area (Å²) in [5.41, 5.74) is 1.68. The van der Waals surface area contributed by atoms with Crippen LogP contribution in [0.25, 0.3) is 0 Å². The van der Waals surface area contributed by atoms with Crippen LogP contribution in [-0.2, 0) is 5.72 Å². The van der Waals surface area contributed by atoms with E-state index in [2.05, 4.69) is 10.3 Å². The summed E-state index contributed by atoms with van der Waals surface area (Å²) in [6.07, 6.45) is 0. The molecule has 0 fully saturated rings. The molecule has 0 bridgehead atoms. The molecule has 20 heavy (non-hydrogen) atoms. The minimum atomic E-state index is -2.18. The first-order chi connectivity index (χ1) is 9.22. The second kappa shape index (κ2) is 4.15. The number of Topliss-reactive ketones (excluding diaryl/α,β-unsaturated/α-hetero) is 1. The van der Waals surface area contributed by atoms with Gasteiger partial charge in [-0.2, -0.15) is 0 Å². The molecule has 6 N–H and O–H groups in total. The Hall–Kier alpha value is -2.72. The van der Waals surface area contributed by atoms with Crippen LogP contribution in [-0.4, -0.2) is 38.0 Å². The molecule has 0 saturated heterocycles. The van der Waals surface area contributed by atoms with Crippen molar-refractivity contribution in [1.82, 2.24) is 5.32 Å². The van der Waals surface area contributed by atoms with Crippen LogP contribution in [0.15, 0.2) is 29.3 Å². The van der Waals surface area contributed by atoms with Crippen molar-refractivity contribution in [3.8, 4) is 0 Å². The van der Waals surface area contributed by atoms with E-state index in [0.29, 0.717) is 0 Å². The zero-order chi connectivity index (χ0) is 15.1. The van der Waals surface area contributed by atoms with Crippen LogP contribution in [0.1, 0.15) is 15.9 Å². The maximum atomic E-state index is 11.9. The van der Waals surface area contributed by atoms with Crippen molar-refractivity contribution in [2.75, 3.05) is 0 Å². The molecule has 1 aliphatic carbocycles. The van der Waals surface area contributed by atoms with Crippen molar-refractivity contribution in [3.05, 3.63) is 45.5 Å². The summed E-state index contributed by atoms with van der Waals surface area (Å²) >= 11 is 0. The summed E-state index contributed by atoms with van der Waals surface area (Å²) in [7, 11) is 0. The number of hydrogen-bond acceptors (Lipinski definition) is 8. The second-order valence-corrected chi connectivity index (χ2v) is 4.12. The Morgan fingerprint density at radius 3 is 2.50 bits per heavy atom. The number of nitrogens with zero attached hydrogens (tertiary/aromatic N) is 2. The highest BCUT2D eigenvalue weighted by atomic mass is 16.9. The van der Waals surface area contributed by atoms with Crippen molar-refractivity contribution < 1.29 is 25.3 Å². The van der Waals surface area contributed by atoms with Crippen LogP contribution >= 0.6 is 0 Å². The Morgan fingerprint density at radius 1 is 1.35 bits per heavy atom. The predicted octanol–water partition coefficient (Wildman–Crippen LogP) is -1.71. The fourth-order valence-corrected chi connectivity index (χ4v) is 2.21. The Bertz CT molecular complexity index is 628. The van der Waals surface area contributed by atoms with Crippen molar-refractivity contribution in [3.63, 3.8) is 0 Å². The fraction of sp³-hybridized carbons (Fsp3) is 0.200. The van der Waals surface area contributed by atoms with Gasteiger partial charge in [-0.25, -0.2) is 4.99 Å². The van der Waals surface area contributed by atoms with E-state index in [9.17, 15) is 15.0 Å². The smallest absolute Gasteiger partial charge is 0.291 e. The van der Waals surface area contributed by atoms with Gasteiger partial charge in [0.15, 0.2) is 5.96 Å². The van der Waals surface area contributed by atoms with Crippen LogP contribution in [0.3, 0.4) is 0 Å². The molecule has 2 aliphatic rings. The van der Waals surface area contributed by atoms with Crippen LogP contribution in [0.4, 0.5) is 0 Å². The van der Waals surface area contributed by atoms with Crippen molar-refractivity contribution >= 4 is 11.7 Å². The van der Waals surface area contributed by atoms with E-state index in [4.69, 9.17) is 21.1 Å². The minimum absolute atomic E-state index is 0.159. The molecule has 0 amide bonds. The number of nitrogens with one attached hydrogen (secondary N) is 1. The number of hydrogen-bond donors (Lipinski definition) is 5. The number of nitrogens with two attached hydrogens (primary N) is 1. The van der Waals surface area contributed by atoms with E-state index in [1.165, 1.54) is 12.1 Å². The molecule has 0 radical (unpaired) electrons. The first-order valence-corrected chi connectivity index (χ1v) is 5.28. The zero-order valence-corrected chi connectivity index (χ0v) is 9.85. The molecule has 3 rings (SSSR count). The Morgan fingerprint density at radius 2 is 1.90 bits per heavy atom. The van der Waals surface area contributed by atoms with Crippen LogP contribution < -0.4 is 11.1 Å². The van der Waals surface area contributed by atoms with E-state index in [-0.39, 0.29) is 17.1 Å². The van der Waals surface area contributed by atoms with Gasteiger partial charge >= 0.3 is 0 Å². The topological polar surface area (TPSA) is 171 Å². The van der Waals surface area contributed by atoms with E-state index in [1.54, 1.807) is 12.1 Å². The standard InChI is InChI=1S/C10H9N3O3.HNO3/c11-8-12-9(15)6-4-2-1-3-5(6)7(14)10(9,16)13-8;2-1(3)4/h1-4,15-16H,(H3,11,12,13);(H,2,3,4). The number of carbonyl (C=O) groups excluding carboxylic acids is 1. The molecular formula is C10H10N4O6. The van der Waals surface area contributed by atoms with Gasteiger partial charge in [0.2, 0.25) is 11.5 Å². The number of aliphatic imine (C=N–C) groups is 1.